The monoisotopic (exact) mass is 365 g/mol. The zero-order chi connectivity index (χ0) is 19.0. The molecular formula is C20H19N3O4. The van der Waals surface area contributed by atoms with Crippen molar-refractivity contribution in [2.45, 2.75) is 38.1 Å². The normalized spacial score (nSPS) is 17.6. The molecule has 1 N–H and O–H groups in total. The number of carboxylic acid groups (broad SMARTS) is 1. The van der Waals surface area contributed by atoms with Gasteiger partial charge < -0.3 is 9.67 Å². The highest BCUT2D eigenvalue weighted by molar-refractivity contribution is 5.93. The minimum absolute atomic E-state index is 0.0232. The largest absolute Gasteiger partial charge is 0.478 e. The van der Waals surface area contributed by atoms with E-state index in [9.17, 15) is 20.0 Å². The Kier molecular flexibility index (Phi) is 4.35. The Morgan fingerprint density at radius 2 is 2.07 bits per heavy atom. The van der Waals surface area contributed by atoms with E-state index in [1.165, 1.54) is 6.08 Å². The smallest absolute Gasteiger partial charge is 0.335 e. The van der Waals surface area contributed by atoms with Gasteiger partial charge in [0.1, 0.15) is 5.82 Å². The summed E-state index contributed by atoms with van der Waals surface area (Å²) in [6.07, 6.45) is 11.5. The lowest BCUT2D eigenvalue weighted by Gasteiger charge is -2.17. The fourth-order valence-electron chi connectivity index (χ4n) is 3.91. The summed E-state index contributed by atoms with van der Waals surface area (Å²) < 4.78 is 2.15. The van der Waals surface area contributed by atoms with Crippen molar-refractivity contribution in [3.8, 4) is 0 Å². The van der Waals surface area contributed by atoms with Crippen LogP contribution < -0.4 is 0 Å². The number of nitro groups is 1. The fourth-order valence-corrected chi connectivity index (χ4v) is 3.91. The maximum absolute atomic E-state index is 11.3. The van der Waals surface area contributed by atoms with Crippen molar-refractivity contribution >= 4 is 22.6 Å². The number of fused-ring (bicyclic) bond motifs is 1. The first-order valence-corrected chi connectivity index (χ1v) is 9.02. The summed E-state index contributed by atoms with van der Waals surface area (Å²) in [6, 6.07) is 5.23. The van der Waals surface area contributed by atoms with Gasteiger partial charge in [-0.15, -0.1) is 0 Å². The second-order valence-electron chi connectivity index (χ2n) is 6.90. The molecule has 2 aliphatic carbocycles. The molecule has 1 fully saturated rings. The predicted octanol–water partition coefficient (Wildman–Crippen LogP) is 4.35. The SMILES string of the molecule is O=C(O)c1ccc2c(c1)nc(C1=CC([N+](=O)[O-])=CC=CC1)n2C1CCCC1. The summed E-state index contributed by atoms with van der Waals surface area (Å²) in [5, 5.41) is 20.6. The first-order chi connectivity index (χ1) is 13.0. The Morgan fingerprint density at radius 1 is 1.30 bits per heavy atom. The third kappa shape index (κ3) is 3.16. The Morgan fingerprint density at radius 3 is 2.78 bits per heavy atom. The molecule has 2 aromatic rings. The molecule has 1 heterocycles. The quantitative estimate of drug-likeness (QED) is 0.641. The van der Waals surface area contributed by atoms with Crippen molar-refractivity contribution in [2.24, 2.45) is 0 Å². The van der Waals surface area contributed by atoms with E-state index in [0.717, 1.165) is 36.8 Å². The maximum Gasteiger partial charge on any atom is 0.335 e. The number of benzene rings is 1. The standard InChI is InChI=1S/C20H19N3O4/c24-20(25)14-9-10-18-17(12-14)21-19(22(18)15-6-3-4-7-15)13-5-1-2-8-16(11-13)23(26)27/h1-2,8-12,15H,3-7H2,(H,24,25). The molecule has 1 aromatic heterocycles. The van der Waals surface area contributed by atoms with Gasteiger partial charge in [-0.3, -0.25) is 10.1 Å². The molecule has 4 rings (SSSR count). The molecular weight excluding hydrogens is 346 g/mol. The third-order valence-corrected chi connectivity index (χ3v) is 5.19. The van der Waals surface area contributed by atoms with E-state index in [1.807, 2.05) is 6.08 Å². The van der Waals surface area contributed by atoms with E-state index in [4.69, 9.17) is 4.98 Å². The molecule has 27 heavy (non-hydrogen) atoms. The molecule has 1 aromatic carbocycles. The summed E-state index contributed by atoms with van der Waals surface area (Å²) in [6.45, 7) is 0. The van der Waals surface area contributed by atoms with Crippen LogP contribution in [0.4, 0.5) is 0 Å². The first-order valence-electron chi connectivity index (χ1n) is 9.02. The van der Waals surface area contributed by atoms with Gasteiger partial charge >= 0.3 is 5.97 Å². The van der Waals surface area contributed by atoms with Crippen LogP contribution in [0.1, 0.15) is 54.3 Å². The van der Waals surface area contributed by atoms with Gasteiger partial charge in [-0.05, 0) is 37.5 Å². The van der Waals surface area contributed by atoms with E-state index in [2.05, 4.69) is 4.57 Å². The predicted molar refractivity (Wildman–Crippen MR) is 101 cm³/mol. The number of imidazole rings is 1. The Labute approximate surface area is 155 Å². The number of nitrogens with zero attached hydrogens (tertiary/aromatic N) is 3. The molecule has 7 heteroatoms. The van der Waals surface area contributed by atoms with Gasteiger partial charge in [-0.2, -0.15) is 0 Å². The number of hydrogen-bond donors (Lipinski definition) is 1. The molecule has 0 bridgehead atoms. The number of aromatic nitrogens is 2. The van der Waals surface area contributed by atoms with Crippen LogP contribution in [0, 0.1) is 10.1 Å². The molecule has 0 radical (unpaired) electrons. The number of rotatable bonds is 4. The van der Waals surface area contributed by atoms with Gasteiger partial charge in [0.15, 0.2) is 0 Å². The van der Waals surface area contributed by atoms with Crippen LogP contribution in [0.3, 0.4) is 0 Å². The Hall–Kier alpha value is -3.22. The molecule has 0 saturated heterocycles. The van der Waals surface area contributed by atoms with Crippen LogP contribution in [0.15, 0.2) is 48.2 Å². The van der Waals surface area contributed by atoms with Gasteiger partial charge in [0, 0.05) is 23.8 Å². The van der Waals surface area contributed by atoms with E-state index >= 15 is 0 Å². The zero-order valence-electron chi connectivity index (χ0n) is 14.7. The van der Waals surface area contributed by atoms with E-state index in [0.29, 0.717) is 17.8 Å². The maximum atomic E-state index is 11.3. The summed E-state index contributed by atoms with van der Waals surface area (Å²) in [5.41, 5.74) is 2.47. The lowest BCUT2D eigenvalue weighted by Crippen LogP contribution is -2.09. The lowest BCUT2D eigenvalue weighted by atomic mass is 10.1. The van der Waals surface area contributed by atoms with Crippen molar-refractivity contribution in [2.75, 3.05) is 0 Å². The van der Waals surface area contributed by atoms with E-state index < -0.39 is 10.9 Å². The van der Waals surface area contributed by atoms with Crippen molar-refractivity contribution in [3.05, 3.63) is 69.7 Å². The summed E-state index contributed by atoms with van der Waals surface area (Å²) in [5.74, 6) is -0.303. The number of aromatic carboxylic acids is 1. The van der Waals surface area contributed by atoms with E-state index in [-0.39, 0.29) is 17.3 Å². The third-order valence-electron chi connectivity index (χ3n) is 5.19. The van der Waals surface area contributed by atoms with Crippen molar-refractivity contribution in [1.29, 1.82) is 0 Å². The molecule has 7 nitrogen and oxygen atoms in total. The number of carbonyl (C=O) groups is 1. The molecule has 0 amide bonds. The van der Waals surface area contributed by atoms with Gasteiger partial charge in [0.2, 0.25) is 0 Å². The lowest BCUT2D eigenvalue weighted by molar-refractivity contribution is -0.418. The zero-order valence-corrected chi connectivity index (χ0v) is 14.7. The average Bonchev–Trinajstić information content (AvgIpc) is 3.21. The Bertz CT molecular complexity index is 1020. The summed E-state index contributed by atoms with van der Waals surface area (Å²) in [7, 11) is 0. The van der Waals surface area contributed by atoms with Gasteiger partial charge in [0.25, 0.3) is 5.70 Å². The molecule has 1 saturated carbocycles. The van der Waals surface area contributed by atoms with Gasteiger partial charge in [-0.1, -0.05) is 25.0 Å². The molecule has 0 aliphatic heterocycles. The van der Waals surface area contributed by atoms with Gasteiger partial charge in [-0.25, -0.2) is 9.78 Å². The van der Waals surface area contributed by atoms with Crippen LogP contribution in [-0.4, -0.2) is 25.6 Å². The van der Waals surface area contributed by atoms with Crippen molar-refractivity contribution in [3.63, 3.8) is 0 Å². The van der Waals surface area contributed by atoms with Crippen LogP contribution >= 0.6 is 0 Å². The first kappa shape index (κ1) is 17.2. The second kappa shape index (κ2) is 6.83. The Balaban J connectivity index is 1.91. The number of allylic oxidation sites excluding steroid dienone is 5. The molecule has 0 atom stereocenters. The van der Waals surface area contributed by atoms with Crippen LogP contribution in [0.2, 0.25) is 0 Å². The molecule has 2 aliphatic rings. The number of hydrogen-bond acceptors (Lipinski definition) is 4. The van der Waals surface area contributed by atoms with Crippen molar-refractivity contribution < 1.29 is 14.8 Å². The van der Waals surface area contributed by atoms with Crippen molar-refractivity contribution in [1.82, 2.24) is 9.55 Å². The summed E-state index contributed by atoms with van der Waals surface area (Å²) >= 11 is 0. The van der Waals surface area contributed by atoms with Gasteiger partial charge in [0.05, 0.1) is 21.5 Å². The minimum atomic E-state index is -0.996. The average molecular weight is 365 g/mol. The van der Waals surface area contributed by atoms with Crippen LogP contribution in [0.25, 0.3) is 16.6 Å². The van der Waals surface area contributed by atoms with Crippen LogP contribution in [0.5, 0.6) is 0 Å². The highest BCUT2D eigenvalue weighted by atomic mass is 16.6. The molecule has 0 spiro atoms. The highest BCUT2D eigenvalue weighted by Gasteiger charge is 2.25. The second-order valence-corrected chi connectivity index (χ2v) is 6.90. The highest BCUT2D eigenvalue weighted by Crippen LogP contribution is 2.37. The van der Waals surface area contributed by atoms with Crippen LogP contribution in [-0.2, 0) is 0 Å². The topological polar surface area (TPSA) is 98.3 Å². The molecule has 138 valence electrons. The number of carboxylic acids is 1. The fraction of sp³-hybridized carbons (Fsp3) is 0.300. The summed E-state index contributed by atoms with van der Waals surface area (Å²) in [4.78, 5) is 26.9. The minimum Gasteiger partial charge on any atom is -0.478 e. The van der Waals surface area contributed by atoms with E-state index in [1.54, 1.807) is 30.4 Å². The molecule has 0 unspecified atom stereocenters.